The lowest BCUT2D eigenvalue weighted by Crippen LogP contribution is -2.58. The highest BCUT2D eigenvalue weighted by Gasteiger charge is 2.40. The molecule has 2 N–H and O–H groups in total. The van der Waals surface area contributed by atoms with E-state index in [4.69, 9.17) is 0 Å². The highest BCUT2D eigenvalue weighted by atomic mass is 16.2. The van der Waals surface area contributed by atoms with Crippen LogP contribution in [0.5, 0.6) is 0 Å². The number of nitrogens with zero attached hydrogens (tertiary/aromatic N) is 4. The topological polar surface area (TPSA) is 94.8 Å². The molecule has 4 aromatic rings. The zero-order valence-electron chi connectivity index (χ0n) is 20.4. The number of rotatable bonds is 5. The van der Waals surface area contributed by atoms with E-state index in [1.54, 1.807) is 24.3 Å². The summed E-state index contributed by atoms with van der Waals surface area (Å²) in [6.45, 7) is 3.70. The molecule has 1 amide bonds. The van der Waals surface area contributed by atoms with Crippen molar-refractivity contribution in [1.82, 2.24) is 20.0 Å². The summed E-state index contributed by atoms with van der Waals surface area (Å²) in [4.78, 5) is 28.5. The third-order valence-electron chi connectivity index (χ3n) is 7.43. The van der Waals surface area contributed by atoms with Crippen molar-refractivity contribution in [1.29, 1.82) is 0 Å². The van der Waals surface area contributed by atoms with Gasteiger partial charge in [-0.25, -0.2) is 4.68 Å². The van der Waals surface area contributed by atoms with E-state index in [9.17, 15) is 9.59 Å². The Morgan fingerprint density at radius 3 is 2.08 bits per heavy atom. The number of amides is 1. The summed E-state index contributed by atoms with van der Waals surface area (Å²) in [5.74, 6) is 0.0369. The first-order valence-electron chi connectivity index (χ1n) is 12.6. The SMILES string of the molecule is O=C(c1ccc(-n2[nH]c(-c3ccccc3)c(N=Nc3ccccc3)c2=O)cc1)N1CCC2(CC1)CNC2. The monoisotopic (exact) mass is 492 g/mol. The van der Waals surface area contributed by atoms with Gasteiger partial charge in [-0.3, -0.25) is 14.7 Å². The van der Waals surface area contributed by atoms with Crippen LogP contribution in [0.2, 0.25) is 0 Å². The van der Waals surface area contributed by atoms with E-state index in [0.29, 0.717) is 28.0 Å². The third kappa shape index (κ3) is 4.51. The molecule has 186 valence electrons. The van der Waals surface area contributed by atoms with Crippen LogP contribution in [0.3, 0.4) is 0 Å². The molecule has 37 heavy (non-hydrogen) atoms. The van der Waals surface area contributed by atoms with Crippen LogP contribution in [0, 0.1) is 5.41 Å². The molecule has 2 fully saturated rings. The van der Waals surface area contributed by atoms with Gasteiger partial charge in [-0.15, -0.1) is 5.11 Å². The number of hydrogen-bond acceptors (Lipinski definition) is 5. The minimum Gasteiger partial charge on any atom is -0.339 e. The Labute approximate surface area is 214 Å². The largest absolute Gasteiger partial charge is 0.339 e. The van der Waals surface area contributed by atoms with E-state index in [2.05, 4.69) is 20.6 Å². The lowest BCUT2D eigenvalue weighted by atomic mass is 9.73. The fourth-order valence-electron chi connectivity index (χ4n) is 5.06. The van der Waals surface area contributed by atoms with Crippen molar-refractivity contribution in [2.24, 2.45) is 15.6 Å². The van der Waals surface area contributed by atoms with Crippen LogP contribution in [0.25, 0.3) is 16.9 Å². The smallest absolute Gasteiger partial charge is 0.299 e. The van der Waals surface area contributed by atoms with Crippen LogP contribution < -0.4 is 10.9 Å². The van der Waals surface area contributed by atoms with Gasteiger partial charge >= 0.3 is 0 Å². The molecular formula is C29H28N6O2. The van der Waals surface area contributed by atoms with E-state index in [0.717, 1.165) is 44.6 Å². The lowest BCUT2D eigenvalue weighted by molar-refractivity contribution is 0.0414. The number of likely N-dealkylation sites (tertiary alicyclic amines) is 1. The molecule has 6 rings (SSSR count). The van der Waals surface area contributed by atoms with Gasteiger partial charge in [0.05, 0.1) is 17.1 Å². The summed E-state index contributed by atoms with van der Waals surface area (Å²) >= 11 is 0. The number of carbonyl (C=O) groups excluding carboxylic acids is 1. The van der Waals surface area contributed by atoms with Gasteiger partial charge in [-0.1, -0.05) is 48.5 Å². The first-order chi connectivity index (χ1) is 18.1. The van der Waals surface area contributed by atoms with E-state index >= 15 is 0 Å². The molecule has 3 heterocycles. The van der Waals surface area contributed by atoms with Crippen LogP contribution in [-0.4, -0.2) is 46.8 Å². The molecule has 2 aliphatic rings. The molecule has 0 aliphatic carbocycles. The minimum absolute atomic E-state index is 0.0369. The van der Waals surface area contributed by atoms with E-state index in [-0.39, 0.29) is 17.2 Å². The van der Waals surface area contributed by atoms with Gasteiger partial charge in [-0.2, -0.15) is 5.11 Å². The summed E-state index contributed by atoms with van der Waals surface area (Å²) < 4.78 is 1.45. The summed E-state index contributed by atoms with van der Waals surface area (Å²) in [6.07, 6.45) is 2.09. The van der Waals surface area contributed by atoms with Crippen LogP contribution in [0.1, 0.15) is 23.2 Å². The maximum absolute atomic E-state index is 13.4. The van der Waals surface area contributed by atoms with Gasteiger partial charge < -0.3 is 10.2 Å². The van der Waals surface area contributed by atoms with Crippen LogP contribution >= 0.6 is 0 Å². The van der Waals surface area contributed by atoms with Crippen LogP contribution in [0.15, 0.2) is 100.0 Å². The maximum atomic E-state index is 13.4. The fraction of sp³-hybridized carbons (Fsp3) is 0.241. The van der Waals surface area contributed by atoms with Gasteiger partial charge in [0, 0.05) is 37.3 Å². The summed E-state index contributed by atoms with van der Waals surface area (Å²) in [5.41, 5.74) is 3.62. The molecule has 0 bridgehead atoms. The maximum Gasteiger partial charge on any atom is 0.299 e. The zero-order valence-corrected chi connectivity index (χ0v) is 20.4. The summed E-state index contributed by atoms with van der Waals surface area (Å²) in [6, 6.07) is 26.0. The van der Waals surface area contributed by atoms with Gasteiger partial charge in [0.1, 0.15) is 0 Å². The van der Waals surface area contributed by atoms with Crippen molar-refractivity contribution < 1.29 is 4.79 Å². The van der Waals surface area contributed by atoms with Crippen molar-refractivity contribution in [3.63, 3.8) is 0 Å². The highest BCUT2D eigenvalue weighted by Crippen LogP contribution is 2.35. The van der Waals surface area contributed by atoms with Gasteiger partial charge in [0.15, 0.2) is 5.69 Å². The number of carbonyl (C=O) groups is 1. The fourth-order valence-corrected chi connectivity index (χ4v) is 5.06. The minimum atomic E-state index is -0.312. The lowest BCUT2D eigenvalue weighted by Gasteiger charge is -2.48. The summed E-state index contributed by atoms with van der Waals surface area (Å²) in [7, 11) is 0. The predicted octanol–water partition coefficient (Wildman–Crippen LogP) is 5.07. The number of aromatic nitrogens is 2. The average Bonchev–Trinajstić information content (AvgIpc) is 3.27. The first kappa shape index (κ1) is 23.1. The standard InChI is InChI=1S/C29H28N6O2/c36-27(34-17-15-29(16-18-34)19-30-20-29)22-11-13-24(14-12-22)35-28(37)26(32-31-23-9-5-2-6-10-23)25(33-35)21-7-3-1-4-8-21/h1-14,30,33H,15-20H2. The van der Waals surface area contributed by atoms with Crippen molar-refractivity contribution in [2.75, 3.05) is 26.2 Å². The van der Waals surface area contributed by atoms with Gasteiger partial charge in [-0.05, 0) is 54.7 Å². The number of piperidine rings is 1. The van der Waals surface area contributed by atoms with Crippen molar-refractivity contribution in [2.45, 2.75) is 12.8 Å². The highest BCUT2D eigenvalue weighted by molar-refractivity contribution is 5.94. The molecule has 0 radical (unpaired) electrons. The Morgan fingerprint density at radius 2 is 1.46 bits per heavy atom. The number of aromatic amines is 1. The van der Waals surface area contributed by atoms with E-state index in [1.807, 2.05) is 65.6 Å². The Bertz CT molecular complexity index is 1480. The number of nitrogens with one attached hydrogen (secondary N) is 2. The van der Waals surface area contributed by atoms with E-state index in [1.165, 1.54) is 4.68 Å². The molecule has 2 saturated heterocycles. The molecule has 8 heteroatoms. The molecule has 0 atom stereocenters. The third-order valence-corrected chi connectivity index (χ3v) is 7.43. The molecule has 8 nitrogen and oxygen atoms in total. The van der Waals surface area contributed by atoms with Crippen molar-refractivity contribution in [3.8, 4) is 16.9 Å². The van der Waals surface area contributed by atoms with Gasteiger partial charge in [0.2, 0.25) is 0 Å². The quantitative estimate of drug-likeness (QED) is 0.381. The number of azo groups is 1. The zero-order chi connectivity index (χ0) is 25.2. The Balaban J connectivity index is 1.28. The molecule has 3 aromatic carbocycles. The van der Waals surface area contributed by atoms with E-state index < -0.39 is 0 Å². The number of hydrogen-bond donors (Lipinski definition) is 2. The van der Waals surface area contributed by atoms with Crippen LogP contribution in [-0.2, 0) is 0 Å². The normalized spacial score (nSPS) is 16.7. The second kappa shape index (κ2) is 9.63. The van der Waals surface area contributed by atoms with Crippen molar-refractivity contribution in [3.05, 3.63) is 101 Å². The second-order valence-corrected chi connectivity index (χ2v) is 9.82. The molecule has 0 unspecified atom stereocenters. The predicted molar refractivity (Wildman–Crippen MR) is 143 cm³/mol. The molecule has 2 aliphatic heterocycles. The van der Waals surface area contributed by atoms with Gasteiger partial charge in [0.25, 0.3) is 11.5 Å². The molecule has 1 aromatic heterocycles. The Kier molecular flexibility index (Phi) is 6.02. The Hall–Kier alpha value is -4.30. The second-order valence-electron chi connectivity index (χ2n) is 9.82. The molecule has 1 spiro atoms. The molecular weight excluding hydrogens is 464 g/mol. The van der Waals surface area contributed by atoms with Crippen molar-refractivity contribution >= 4 is 17.3 Å². The van der Waals surface area contributed by atoms with Crippen LogP contribution in [0.4, 0.5) is 11.4 Å². The Morgan fingerprint density at radius 1 is 0.811 bits per heavy atom. The number of benzene rings is 3. The molecule has 0 saturated carbocycles. The summed E-state index contributed by atoms with van der Waals surface area (Å²) in [5, 5.41) is 15.2. The first-order valence-corrected chi connectivity index (χ1v) is 12.6. The average molecular weight is 493 g/mol. The number of H-pyrrole nitrogens is 1.